The van der Waals surface area contributed by atoms with Crippen LogP contribution < -0.4 is 10.2 Å². The molecule has 1 aromatic carbocycles. The number of carbonyl (C=O) groups excluding carboxylic acids is 1. The van der Waals surface area contributed by atoms with E-state index in [0.29, 0.717) is 0 Å². The van der Waals surface area contributed by atoms with Crippen LogP contribution in [0.3, 0.4) is 0 Å². The Labute approximate surface area is 114 Å². The Morgan fingerprint density at radius 2 is 1.89 bits per heavy atom. The van der Waals surface area contributed by atoms with Gasteiger partial charge < -0.3 is 15.0 Å². The topological polar surface area (TPSA) is 42.8 Å². The average Bonchev–Trinajstić information content (AvgIpc) is 2.40. The predicted molar refractivity (Wildman–Crippen MR) is 74.3 cm³/mol. The van der Waals surface area contributed by atoms with Crippen molar-refractivity contribution in [2.75, 3.05) is 26.3 Å². The molecule has 0 saturated carbocycles. The van der Waals surface area contributed by atoms with Gasteiger partial charge in [0.15, 0.2) is 0 Å². The number of hydrogen-bond acceptors (Lipinski definition) is 2. The minimum Gasteiger partial charge on any atom is -0.370 e. The van der Waals surface area contributed by atoms with Gasteiger partial charge in [0.25, 0.3) is 5.91 Å². The number of carbonyl (C=O) groups is 1. The normalized spacial score (nSPS) is 16.6. The van der Waals surface area contributed by atoms with E-state index in [4.69, 9.17) is 4.74 Å². The third-order valence-electron chi connectivity index (χ3n) is 3.29. The van der Waals surface area contributed by atoms with Crippen LogP contribution in [-0.4, -0.2) is 38.3 Å². The average molecular weight is 263 g/mol. The van der Waals surface area contributed by atoms with Gasteiger partial charge in [-0.3, -0.25) is 4.79 Å². The lowest BCUT2D eigenvalue weighted by Crippen LogP contribution is -3.12. The Kier molecular flexibility index (Phi) is 4.93. The smallest absolute Gasteiger partial charge is 0.251 e. The number of morpholine rings is 1. The van der Waals surface area contributed by atoms with E-state index in [0.717, 1.165) is 38.4 Å². The molecule has 19 heavy (non-hydrogen) atoms. The highest BCUT2D eigenvalue weighted by Gasteiger charge is 2.14. The lowest BCUT2D eigenvalue weighted by atomic mass is 10.1. The number of amides is 1. The molecule has 104 valence electrons. The molecule has 1 amide bonds. The van der Waals surface area contributed by atoms with Crippen molar-refractivity contribution in [3.8, 4) is 0 Å². The summed E-state index contributed by atoms with van der Waals surface area (Å²) in [5.41, 5.74) is 2.01. The summed E-state index contributed by atoms with van der Waals surface area (Å²) in [4.78, 5) is 13.4. The molecule has 1 heterocycles. The maximum absolute atomic E-state index is 11.8. The van der Waals surface area contributed by atoms with Crippen molar-refractivity contribution >= 4 is 5.91 Å². The number of ether oxygens (including phenoxy) is 1. The highest BCUT2D eigenvalue weighted by Crippen LogP contribution is 2.04. The lowest BCUT2D eigenvalue weighted by Gasteiger charge is -2.23. The third kappa shape index (κ3) is 4.33. The summed E-state index contributed by atoms with van der Waals surface area (Å²) >= 11 is 0. The summed E-state index contributed by atoms with van der Waals surface area (Å²) < 4.78 is 5.35. The second-order valence-electron chi connectivity index (χ2n) is 5.36. The van der Waals surface area contributed by atoms with Gasteiger partial charge >= 0.3 is 0 Å². The first-order valence-electron chi connectivity index (χ1n) is 6.96. The van der Waals surface area contributed by atoms with E-state index in [1.54, 1.807) is 4.90 Å². The Hall–Kier alpha value is -1.39. The van der Waals surface area contributed by atoms with Crippen molar-refractivity contribution in [2.45, 2.75) is 26.4 Å². The van der Waals surface area contributed by atoms with Crippen LogP contribution in [0.5, 0.6) is 0 Å². The molecule has 0 radical (unpaired) electrons. The van der Waals surface area contributed by atoms with E-state index in [-0.39, 0.29) is 11.9 Å². The SMILES string of the molecule is CC(C)NC(=O)c1ccc(C[NH+]2CCOCC2)cc1. The van der Waals surface area contributed by atoms with Crippen molar-refractivity contribution in [1.82, 2.24) is 5.32 Å². The van der Waals surface area contributed by atoms with Crippen LogP contribution in [0.25, 0.3) is 0 Å². The van der Waals surface area contributed by atoms with E-state index in [1.807, 2.05) is 26.0 Å². The monoisotopic (exact) mass is 263 g/mol. The van der Waals surface area contributed by atoms with Crippen LogP contribution >= 0.6 is 0 Å². The molecule has 2 rings (SSSR count). The lowest BCUT2D eigenvalue weighted by molar-refractivity contribution is -0.921. The van der Waals surface area contributed by atoms with E-state index >= 15 is 0 Å². The predicted octanol–water partition coefficient (Wildman–Crippen LogP) is 0.240. The van der Waals surface area contributed by atoms with E-state index in [2.05, 4.69) is 17.4 Å². The maximum atomic E-state index is 11.8. The fraction of sp³-hybridized carbons (Fsp3) is 0.533. The van der Waals surface area contributed by atoms with Crippen molar-refractivity contribution in [2.24, 2.45) is 0 Å². The molecule has 1 saturated heterocycles. The van der Waals surface area contributed by atoms with Gasteiger partial charge in [0.1, 0.15) is 19.6 Å². The van der Waals surface area contributed by atoms with Crippen LogP contribution in [0.4, 0.5) is 0 Å². The number of nitrogens with one attached hydrogen (secondary N) is 2. The first-order valence-corrected chi connectivity index (χ1v) is 6.96. The Morgan fingerprint density at radius 3 is 2.47 bits per heavy atom. The van der Waals surface area contributed by atoms with Gasteiger partial charge in [-0.15, -0.1) is 0 Å². The van der Waals surface area contributed by atoms with Crippen molar-refractivity contribution in [1.29, 1.82) is 0 Å². The molecule has 0 bridgehead atoms. The fourth-order valence-corrected chi connectivity index (χ4v) is 2.25. The quantitative estimate of drug-likeness (QED) is 0.817. The molecule has 0 atom stereocenters. The molecular weight excluding hydrogens is 240 g/mol. The van der Waals surface area contributed by atoms with Gasteiger partial charge in [0.2, 0.25) is 0 Å². The molecular formula is C15H23N2O2+. The van der Waals surface area contributed by atoms with Gasteiger partial charge in [-0.05, 0) is 26.0 Å². The maximum Gasteiger partial charge on any atom is 0.251 e. The molecule has 0 spiro atoms. The van der Waals surface area contributed by atoms with E-state index in [9.17, 15) is 4.79 Å². The van der Waals surface area contributed by atoms with Gasteiger partial charge in [-0.25, -0.2) is 0 Å². The Bertz CT molecular complexity index is 409. The highest BCUT2D eigenvalue weighted by molar-refractivity contribution is 5.94. The molecule has 1 aliphatic rings. The first-order chi connectivity index (χ1) is 9.15. The first kappa shape index (κ1) is 14.0. The zero-order valence-electron chi connectivity index (χ0n) is 11.7. The number of quaternary nitrogens is 1. The third-order valence-corrected chi connectivity index (χ3v) is 3.29. The van der Waals surface area contributed by atoms with Crippen molar-refractivity contribution in [3.63, 3.8) is 0 Å². The van der Waals surface area contributed by atoms with Gasteiger partial charge in [0.05, 0.1) is 13.2 Å². The summed E-state index contributed by atoms with van der Waals surface area (Å²) in [7, 11) is 0. The molecule has 4 heteroatoms. The second kappa shape index (κ2) is 6.68. The van der Waals surface area contributed by atoms with Gasteiger partial charge in [-0.2, -0.15) is 0 Å². The summed E-state index contributed by atoms with van der Waals surface area (Å²) in [5.74, 6) is 0.000249. The number of benzene rings is 1. The second-order valence-corrected chi connectivity index (χ2v) is 5.36. The number of rotatable bonds is 4. The van der Waals surface area contributed by atoms with Crippen LogP contribution in [0.1, 0.15) is 29.8 Å². The van der Waals surface area contributed by atoms with E-state index in [1.165, 1.54) is 5.56 Å². The van der Waals surface area contributed by atoms with Gasteiger partial charge in [-0.1, -0.05) is 12.1 Å². The summed E-state index contributed by atoms with van der Waals surface area (Å²) in [6, 6.07) is 8.10. The van der Waals surface area contributed by atoms with Crippen molar-refractivity contribution in [3.05, 3.63) is 35.4 Å². The minimum atomic E-state index is 0.000249. The standard InChI is InChI=1S/C15H22N2O2/c1-12(2)16-15(18)14-5-3-13(4-6-14)11-17-7-9-19-10-8-17/h3-6,12H,7-11H2,1-2H3,(H,16,18)/p+1. The molecule has 0 unspecified atom stereocenters. The number of hydrogen-bond donors (Lipinski definition) is 2. The molecule has 2 N–H and O–H groups in total. The molecule has 0 aromatic heterocycles. The summed E-state index contributed by atoms with van der Waals surface area (Å²) in [6.07, 6.45) is 0. The Balaban J connectivity index is 1.92. The largest absolute Gasteiger partial charge is 0.370 e. The summed E-state index contributed by atoms with van der Waals surface area (Å²) in [6.45, 7) is 8.77. The molecule has 1 aliphatic heterocycles. The molecule has 0 aliphatic carbocycles. The minimum absolute atomic E-state index is 0.000249. The van der Waals surface area contributed by atoms with Crippen LogP contribution in [0, 0.1) is 0 Å². The Morgan fingerprint density at radius 1 is 1.26 bits per heavy atom. The molecule has 1 aromatic rings. The van der Waals surface area contributed by atoms with Crippen molar-refractivity contribution < 1.29 is 14.4 Å². The zero-order chi connectivity index (χ0) is 13.7. The van der Waals surface area contributed by atoms with Crippen LogP contribution in [0.2, 0.25) is 0 Å². The molecule has 1 fully saturated rings. The van der Waals surface area contributed by atoms with Crippen LogP contribution in [0.15, 0.2) is 24.3 Å². The fourth-order valence-electron chi connectivity index (χ4n) is 2.25. The van der Waals surface area contributed by atoms with Crippen LogP contribution in [-0.2, 0) is 11.3 Å². The zero-order valence-corrected chi connectivity index (χ0v) is 11.7. The van der Waals surface area contributed by atoms with E-state index < -0.39 is 0 Å². The molecule has 4 nitrogen and oxygen atoms in total. The summed E-state index contributed by atoms with van der Waals surface area (Å²) in [5, 5.41) is 2.90. The highest BCUT2D eigenvalue weighted by atomic mass is 16.5. The van der Waals surface area contributed by atoms with Gasteiger partial charge in [0, 0.05) is 17.2 Å².